The zero-order valence-electron chi connectivity index (χ0n) is 16.0. The predicted octanol–water partition coefficient (Wildman–Crippen LogP) is 4.06. The molecular formula is C22H15F2N5O2. The van der Waals surface area contributed by atoms with Gasteiger partial charge in [0.2, 0.25) is 5.43 Å². The standard InChI is InChI=1S/C22H15F2N5O2/c23-13-5-2-1-4-12(13)17-16(31-15-7-3-6-14(24)18(15)20(17)30)8-9-25-21-19-22(27-10-26-19)29-11-28-21/h1-7,10-11H,8-9H2,(H2,25,26,27,28,29). The van der Waals surface area contributed by atoms with E-state index in [9.17, 15) is 13.6 Å². The van der Waals surface area contributed by atoms with Gasteiger partial charge in [0.05, 0.1) is 11.9 Å². The molecular weight excluding hydrogens is 404 g/mol. The van der Waals surface area contributed by atoms with Crippen LogP contribution in [0.1, 0.15) is 5.76 Å². The van der Waals surface area contributed by atoms with E-state index in [0.717, 1.165) is 0 Å². The van der Waals surface area contributed by atoms with E-state index in [1.165, 1.54) is 49.1 Å². The molecule has 7 nitrogen and oxygen atoms in total. The number of nitrogens with zero attached hydrogens (tertiary/aromatic N) is 3. The molecule has 0 fully saturated rings. The number of nitrogens with one attached hydrogen (secondary N) is 2. The first-order valence-electron chi connectivity index (χ1n) is 9.50. The summed E-state index contributed by atoms with van der Waals surface area (Å²) >= 11 is 0. The third-order valence-corrected chi connectivity index (χ3v) is 4.95. The van der Waals surface area contributed by atoms with Gasteiger partial charge in [0.1, 0.15) is 40.2 Å². The van der Waals surface area contributed by atoms with Crippen LogP contribution in [0, 0.1) is 11.6 Å². The maximum absolute atomic E-state index is 14.5. The lowest BCUT2D eigenvalue weighted by Crippen LogP contribution is -2.14. The van der Waals surface area contributed by atoms with Crippen LogP contribution in [0.15, 0.2) is 64.3 Å². The summed E-state index contributed by atoms with van der Waals surface area (Å²) in [6, 6.07) is 10.0. The summed E-state index contributed by atoms with van der Waals surface area (Å²) in [4.78, 5) is 28.5. The largest absolute Gasteiger partial charge is 0.460 e. The topological polar surface area (TPSA) is 96.7 Å². The number of fused-ring (bicyclic) bond motifs is 2. The quantitative estimate of drug-likeness (QED) is 0.446. The Morgan fingerprint density at radius 3 is 2.71 bits per heavy atom. The highest BCUT2D eigenvalue weighted by Crippen LogP contribution is 2.28. The van der Waals surface area contributed by atoms with Crippen LogP contribution in [-0.2, 0) is 6.42 Å². The van der Waals surface area contributed by atoms with Crippen molar-refractivity contribution in [1.29, 1.82) is 0 Å². The van der Waals surface area contributed by atoms with E-state index in [1.807, 2.05) is 0 Å². The molecule has 9 heteroatoms. The molecule has 0 saturated heterocycles. The van der Waals surface area contributed by atoms with E-state index in [-0.39, 0.29) is 34.3 Å². The Balaban J connectivity index is 1.57. The van der Waals surface area contributed by atoms with Gasteiger partial charge >= 0.3 is 0 Å². The van der Waals surface area contributed by atoms with Crippen LogP contribution in [0.2, 0.25) is 0 Å². The first kappa shape index (κ1) is 18.9. The number of rotatable bonds is 5. The average Bonchev–Trinajstić information content (AvgIpc) is 3.24. The highest BCUT2D eigenvalue weighted by atomic mass is 19.1. The van der Waals surface area contributed by atoms with Crippen LogP contribution >= 0.6 is 0 Å². The minimum Gasteiger partial charge on any atom is -0.460 e. The van der Waals surface area contributed by atoms with E-state index in [2.05, 4.69) is 25.3 Å². The Labute approximate surface area is 173 Å². The molecule has 0 spiro atoms. The Hall–Kier alpha value is -4.14. The third kappa shape index (κ3) is 3.29. The van der Waals surface area contributed by atoms with Gasteiger partial charge in [-0.1, -0.05) is 24.3 Å². The highest BCUT2D eigenvalue weighted by molar-refractivity contribution is 5.84. The molecule has 0 unspecified atom stereocenters. The van der Waals surface area contributed by atoms with Gasteiger partial charge in [0, 0.05) is 18.5 Å². The smallest absolute Gasteiger partial charge is 0.203 e. The first-order valence-corrected chi connectivity index (χ1v) is 9.50. The van der Waals surface area contributed by atoms with Crippen molar-refractivity contribution in [1.82, 2.24) is 19.9 Å². The molecule has 5 rings (SSSR count). The fourth-order valence-corrected chi connectivity index (χ4v) is 3.55. The number of H-pyrrole nitrogens is 1. The summed E-state index contributed by atoms with van der Waals surface area (Å²) in [5.74, 6) is -0.523. The Morgan fingerprint density at radius 2 is 1.84 bits per heavy atom. The fourth-order valence-electron chi connectivity index (χ4n) is 3.55. The van der Waals surface area contributed by atoms with Gasteiger partial charge in [-0.2, -0.15) is 0 Å². The molecule has 2 aromatic carbocycles. The number of imidazole rings is 1. The average molecular weight is 419 g/mol. The van der Waals surface area contributed by atoms with Crippen molar-refractivity contribution >= 4 is 28.0 Å². The fraction of sp³-hybridized carbons (Fsp3) is 0.0909. The maximum Gasteiger partial charge on any atom is 0.203 e. The van der Waals surface area contributed by atoms with Crippen LogP contribution in [0.3, 0.4) is 0 Å². The molecule has 0 amide bonds. The summed E-state index contributed by atoms with van der Waals surface area (Å²) in [5, 5.41) is 2.94. The van der Waals surface area contributed by atoms with E-state index >= 15 is 0 Å². The lowest BCUT2D eigenvalue weighted by molar-refractivity contribution is 0.536. The van der Waals surface area contributed by atoms with Crippen LogP contribution in [-0.4, -0.2) is 26.5 Å². The minimum absolute atomic E-state index is 0.00637. The molecule has 0 saturated carbocycles. The summed E-state index contributed by atoms with van der Waals surface area (Å²) in [5.41, 5.74) is 0.716. The SMILES string of the molecule is O=c1c(-c2ccccc2F)c(CCNc2ncnc3nc[nH]c23)oc2cccc(F)c12. The lowest BCUT2D eigenvalue weighted by atomic mass is 10.00. The number of aromatic nitrogens is 4. The van der Waals surface area contributed by atoms with Gasteiger partial charge in [0.25, 0.3) is 0 Å². The van der Waals surface area contributed by atoms with E-state index in [1.54, 1.807) is 6.07 Å². The van der Waals surface area contributed by atoms with Crippen molar-refractivity contribution in [3.63, 3.8) is 0 Å². The number of benzene rings is 2. The molecule has 0 radical (unpaired) electrons. The van der Waals surface area contributed by atoms with Crippen molar-refractivity contribution in [3.05, 3.63) is 82.7 Å². The van der Waals surface area contributed by atoms with Gasteiger partial charge in [-0.25, -0.2) is 23.7 Å². The zero-order valence-corrected chi connectivity index (χ0v) is 16.0. The van der Waals surface area contributed by atoms with Gasteiger partial charge in [-0.05, 0) is 18.2 Å². The summed E-state index contributed by atoms with van der Waals surface area (Å²) in [6.07, 6.45) is 3.12. The first-order chi connectivity index (χ1) is 15.1. The van der Waals surface area contributed by atoms with E-state index in [0.29, 0.717) is 23.5 Å². The normalized spacial score (nSPS) is 11.3. The molecule has 3 heterocycles. The number of hydrogen-bond acceptors (Lipinski definition) is 6. The molecule has 0 aliphatic heterocycles. The minimum atomic E-state index is -0.712. The third-order valence-electron chi connectivity index (χ3n) is 4.95. The number of anilines is 1. The summed E-state index contributed by atoms with van der Waals surface area (Å²) in [6.45, 7) is 0.316. The molecule has 2 N–H and O–H groups in total. The van der Waals surface area contributed by atoms with Crippen molar-refractivity contribution in [3.8, 4) is 11.1 Å². The zero-order chi connectivity index (χ0) is 21.4. The summed E-state index contributed by atoms with van der Waals surface area (Å²) < 4.78 is 34.8. The van der Waals surface area contributed by atoms with Crippen molar-refractivity contribution in [2.75, 3.05) is 11.9 Å². The molecule has 0 aliphatic rings. The lowest BCUT2D eigenvalue weighted by Gasteiger charge is -2.12. The maximum atomic E-state index is 14.5. The van der Waals surface area contributed by atoms with Crippen LogP contribution in [0.5, 0.6) is 0 Å². The van der Waals surface area contributed by atoms with Gasteiger partial charge in [-0.15, -0.1) is 0 Å². The van der Waals surface area contributed by atoms with E-state index in [4.69, 9.17) is 4.42 Å². The van der Waals surface area contributed by atoms with Crippen LogP contribution < -0.4 is 10.7 Å². The number of hydrogen-bond donors (Lipinski definition) is 2. The van der Waals surface area contributed by atoms with Crippen LogP contribution in [0.25, 0.3) is 33.3 Å². The Morgan fingerprint density at radius 1 is 1.00 bits per heavy atom. The Kier molecular flexibility index (Phi) is 4.62. The van der Waals surface area contributed by atoms with E-state index < -0.39 is 17.1 Å². The molecule has 0 aliphatic carbocycles. The second-order valence-electron chi connectivity index (χ2n) is 6.82. The summed E-state index contributed by atoms with van der Waals surface area (Å²) in [7, 11) is 0. The second kappa shape index (κ2) is 7.60. The molecule has 5 aromatic rings. The Bertz CT molecular complexity index is 1480. The van der Waals surface area contributed by atoms with Crippen molar-refractivity contribution in [2.24, 2.45) is 0 Å². The molecule has 0 bridgehead atoms. The van der Waals surface area contributed by atoms with Gasteiger partial charge in [0.15, 0.2) is 11.5 Å². The molecule has 154 valence electrons. The molecule has 31 heavy (non-hydrogen) atoms. The van der Waals surface area contributed by atoms with Crippen LogP contribution in [0.4, 0.5) is 14.6 Å². The molecule has 3 aromatic heterocycles. The predicted molar refractivity (Wildman–Crippen MR) is 112 cm³/mol. The number of aromatic amines is 1. The van der Waals surface area contributed by atoms with Gasteiger partial charge in [-0.3, -0.25) is 4.79 Å². The molecule has 0 atom stereocenters. The number of halogens is 2. The van der Waals surface area contributed by atoms with Crippen molar-refractivity contribution < 1.29 is 13.2 Å². The second-order valence-corrected chi connectivity index (χ2v) is 6.82. The van der Waals surface area contributed by atoms with Crippen molar-refractivity contribution in [2.45, 2.75) is 6.42 Å². The van der Waals surface area contributed by atoms with Gasteiger partial charge < -0.3 is 14.7 Å². The highest BCUT2D eigenvalue weighted by Gasteiger charge is 2.20. The monoisotopic (exact) mass is 419 g/mol.